The van der Waals surface area contributed by atoms with Gasteiger partial charge in [-0.2, -0.15) is 0 Å². The number of anilines is 2. The molecule has 0 spiro atoms. The summed E-state index contributed by atoms with van der Waals surface area (Å²) in [6.45, 7) is 0.614. The number of rotatable bonds is 3. The topological polar surface area (TPSA) is 62.3 Å². The van der Waals surface area contributed by atoms with Crippen LogP contribution in [0, 0.1) is 0 Å². The van der Waals surface area contributed by atoms with E-state index in [1.54, 1.807) is 17.2 Å². The van der Waals surface area contributed by atoms with Gasteiger partial charge in [0.2, 0.25) is 0 Å². The van der Waals surface area contributed by atoms with Crippen LogP contribution in [0.25, 0.3) is 10.9 Å². The molecule has 0 atom stereocenters. The van der Waals surface area contributed by atoms with E-state index >= 15 is 0 Å². The van der Waals surface area contributed by atoms with Gasteiger partial charge in [-0.05, 0) is 54.4 Å². The highest BCUT2D eigenvalue weighted by Gasteiger charge is 2.26. The number of nitrogens with one attached hydrogen (secondary N) is 1. The second kappa shape index (κ2) is 7.44. The number of benzene rings is 3. The van der Waals surface area contributed by atoms with Crippen LogP contribution in [0.2, 0.25) is 0 Å². The molecule has 1 aliphatic heterocycles. The molecule has 3 aromatic carbocycles. The molecule has 146 valence electrons. The molecule has 4 aromatic rings. The Labute approximate surface area is 174 Å². The molecule has 1 aromatic heterocycles. The average Bonchev–Trinajstić information content (AvgIpc) is 3.22. The SMILES string of the molecule is O=C(Nc1cnc2ccccc2c1)c1ccc2c(c1)CCN2C(=O)c1ccccc1. The van der Waals surface area contributed by atoms with Crippen LogP contribution in [0.1, 0.15) is 26.3 Å². The van der Waals surface area contributed by atoms with Gasteiger partial charge in [-0.15, -0.1) is 0 Å². The van der Waals surface area contributed by atoms with E-state index in [0.717, 1.165) is 28.6 Å². The van der Waals surface area contributed by atoms with Crippen LogP contribution in [-0.4, -0.2) is 23.3 Å². The van der Waals surface area contributed by atoms with Crippen molar-refractivity contribution in [3.63, 3.8) is 0 Å². The van der Waals surface area contributed by atoms with E-state index in [1.165, 1.54) is 0 Å². The summed E-state index contributed by atoms with van der Waals surface area (Å²) < 4.78 is 0. The van der Waals surface area contributed by atoms with Gasteiger partial charge in [0.1, 0.15) is 0 Å². The van der Waals surface area contributed by atoms with E-state index in [1.807, 2.05) is 72.8 Å². The summed E-state index contributed by atoms with van der Waals surface area (Å²) in [4.78, 5) is 31.7. The predicted octanol–water partition coefficient (Wildman–Crippen LogP) is 4.69. The van der Waals surface area contributed by atoms with Crippen molar-refractivity contribution >= 4 is 34.1 Å². The highest BCUT2D eigenvalue weighted by molar-refractivity contribution is 6.09. The van der Waals surface area contributed by atoms with E-state index in [2.05, 4.69) is 10.3 Å². The molecule has 0 aliphatic carbocycles. The molecule has 0 saturated heterocycles. The molecule has 5 rings (SSSR count). The van der Waals surface area contributed by atoms with Crippen molar-refractivity contribution in [3.05, 3.63) is 102 Å². The summed E-state index contributed by atoms with van der Waals surface area (Å²) in [5, 5.41) is 3.89. The molecule has 2 heterocycles. The zero-order valence-corrected chi connectivity index (χ0v) is 16.2. The van der Waals surface area contributed by atoms with Crippen molar-refractivity contribution in [2.45, 2.75) is 6.42 Å². The van der Waals surface area contributed by atoms with Gasteiger partial charge in [-0.3, -0.25) is 14.6 Å². The molecule has 30 heavy (non-hydrogen) atoms. The average molecular weight is 393 g/mol. The maximum Gasteiger partial charge on any atom is 0.258 e. The molecular weight excluding hydrogens is 374 g/mol. The van der Waals surface area contributed by atoms with Crippen LogP contribution in [0.3, 0.4) is 0 Å². The Morgan fingerprint density at radius 3 is 2.53 bits per heavy atom. The van der Waals surface area contributed by atoms with Crippen LogP contribution in [-0.2, 0) is 6.42 Å². The summed E-state index contributed by atoms with van der Waals surface area (Å²) in [6, 6.07) is 24.4. The largest absolute Gasteiger partial charge is 0.321 e. The van der Waals surface area contributed by atoms with Gasteiger partial charge < -0.3 is 10.2 Å². The number of fused-ring (bicyclic) bond motifs is 2. The normalized spacial score (nSPS) is 12.6. The number of pyridine rings is 1. The minimum atomic E-state index is -0.192. The fourth-order valence-electron chi connectivity index (χ4n) is 3.83. The van der Waals surface area contributed by atoms with Crippen LogP contribution in [0.5, 0.6) is 0 Å². The zero-order chi connectivity index (χ0) is 20.5. The Kier molecular flexibility index (Phi) is 4.48. The van der Waals surface area contributed by atoms with Crippen molar-refractivity contribution in [3.8, 4) is 0 Å². The minimum absolute atomic E-state index is 0.0196. The molecule has 0 saturated carbocycles. The number of carbonyl (C=O) groups is 2. The summed E-state index contributed by atoms with van der Waals surface area (Å²) in [5.74, 6) is -0.212. The van der Waals surface area contributed by atoms with E-state index in [9.17, 15) is 9.59 Å². The molecule has 1 N–H and O–H groups in total. The molecule has 0 fully saturated rings. The van der Waals surface area contributed by atoms with E-state index in [0.29, 0.717) is 23.4 Å². The van der Waals surface area contributed by atoms with E-state index < -0.39 is 0 Å². The van der Waals surface area contributed by atoms with Gasteiger partial charge in [-0.25, -0.2) is 0 Å². The number of carbonyl (C=O) groups excluding carboxylic acids is 2. The van der Waals surface area contributed by atoms with Crippen molar-refractivity contribution in [2.24, 2.45) is 0 Å². The molecule has 0 radical (unpaired) electrons. The molecule has 5 heteroatoms. The van der Waals surface area contributed by atoms with Crippen LogP contribution in [0.15, 0.2) is 85.1 Å². The Bertz CT molecular complexity index is 1270. The summed E-state index contributed by atoms with van der Waals surface area (Å²) >= 11 is 0. The first-order chi connectivity index (χ1) is 14.7. The maximum absolute atomic E-state index is 12.8. The number of hydrogen-bond donors (Lipinski definition) is 1. The fraction of sp³-hybridized carbons (Fsp3) is 0.0800. The first-order valence-electron chi connectivity index (χ1n) is 9.85. The standard InChI is InChI=1S/C25H19N3O2/c29-24(27-21-15-18-8-4-5-9-22(18)26-16-21)20-10-11-23-19(14-20)12-13-28(23)25(30)17-6-2-1-3-7-17/h1-11,14-16H,12-13H2,(H,27,29). The van der Waals surface area contributed by atoms with Crippen molar-refractivity contribution in [2.75, 3.05) is 16.8 Å². The summed E-state index contributed by atoms with van der Waals surface area (Å²) in [6.07, 6.45) is 2.39. The van der Waals surface area contributed by atoms with Crippen molar-refractivity contribution in [1.29, 1.82) is 0 Å². The molecular formula is C25H19N3O2. The van der Waals surface area contributed by atoms with Gasteiger partial charge in [0.05, 0.1) is 17.4 Å². The Hall–Kier alpha value is -3.99. The van der Waals surface area contributed by atoms with E-state index in [4.69, 9.17) is 0 Å². The minimum Gasteiger partial charge on any atom is -0.321 e. The van der Waals surface area contributed by atoms with Crippen LogP contribution >= 0.6 is 0 Å². The molecule has 0 bridgehead atoms. The lowest BCUT2D eigenvalue weighted by molar-refractivity contribution is 0.0988. The molecule has 0 unspecified atom stereocenters. The lowest BCUT2D eigenvalue weighted by Crippen LogP contribution is -2.28. The Balaban J connectivity index is 1.36. The maximum atomic E-state index is 12.8. The molecule has 5 nitrogen and oxygen atoms in total. The highest BCUT2D eigenvalue weighted by Crippen LogP contribution is 2.30. The zero-order valence-electron chi connectivity index (χ0n) is 16.2. The van der Waals surface area contributed by atoms with Gasteiger partial charge >= 0.3 is 0 Å². The van der Waals surface area contributed by atoms with Crippen LogP contribution < -0.4 is 10.2 Å². The highest BCUT2D eigenvalue weighted by atomic mass is 16.2. The number of aromatic nitrogens is 1. The van der Waals surface area contributed by atoms with Crippen molar-refractivity contribution < 1.29 is 9.59 Å². The van der Waals surface area contributed by atoms with Gasteiger partial charge in [0, 0.05) is 28.7 Å². The lowest BCUT2D eigenvalue weighted by Gasteiger charge is -2.17. The first kappa shape index (κ1) is 18.1. The fourth-order valence-corrected chi connectivity index (χ4v) is 3.83. The number of amides is 2. The molecule has 1 aliphatic rings. The second-order valence-electron chi connectivity index (χ2n) is 7.29. The predicted molar refractivity (Wildman–Crippen MR) is 118 cm³/mol. The Morgan fingerprint density at radius 1 is 0.867 bits per heavy atom. The number of hydrogen-bond acceptors (Lipinski definition) is 3. The van der Waals surface area contributed by atoms with Crippen molar-refractivity contribution in [1.82, 2.24) is 4.98 Å². The molecule has 2 amide bonds. The lowest BCUT2D eigenvalue weighted by atomic mass is 10.1. The number of para-hydroxylation sites is 1. The third kappa shape index (κ3) is 3.31. The third-order valence-electron chi connectivity index (χ3n) is 5.35. The first-order valence-corrected chi connectivity index (χ1v) is 9.85. The second-order valence-corrected chi connectivity index (χ2v) is 7.29. The quantitative estimate of drug-likeness (QED) is 0.549. The summed E-state index contributed by atoms with van der Waals surface area (Å²) in [5.41, 5.74) is 4.64. The third-order valence-corrected chi connectivity index (χ3v) is 5.35. The van der Waals surface area contributed by atoms with Crippen LogP contribution in [0.4, 0.5) is 11.4 Å². The monoisotopic (exact) mass is 393 g/mol. The summed E-state index contributed by atoms with van der Waals surface area (Å²) in [7, 11) is 0. The smallest absolute Gasteiger partial charge is 0.258 e. The Morgan fingerprint density at radius 2 is 1.67 bits per heavy atom. The van der Waals surface area contributed by atoms with E-state index in [-0.39, 0.29) is 11.8 Å². The van der Waals surface area contributed by atoms with Gasteiger partial charge in [0.25, 0.3) is 11.8 Å². The van der Waals surface area contributed by atoms with Gasteiger partial charge in [-0.1, -0.05) is 36.4 Å². The van der Waals surface area contributed by atoms with Gasteiger partial charge in [0.15, 0.2) is 0 Å². The number of nitrogens with zero attached hydrogens (tertiary/aromatic N) is 2.